The molecule has 2 rings (SSSR count). The van der Waals surface area contributed by atoms with Gasteiger partial charge in [0.05, 0.1) is 6.54 Å². The molecule has 6 heteroatoms. The van der Waals surface area contributed by atoms with E-state index in [1.54, 1.807) is 0 Å². The molecule has 1 heterocycles. The summed E-state index contributed by atoms with van der Waals surface area (Å²) in [6, 6.07) is 6.13. The minimum atomic E-state index is -0.0849. The molecule has 5 nitrogen and oxygen atoms in total. The molecule has 1 aliphatic heterocycles. The number of rotatable bonds is 5. The standard InChI is InChI=1S/C14H18BrN3O2/c1-10(19)16-5-6-17-14(20)9-18-7-4-11-8-12(15)2-3-13(11)18/h2-3,8H,4-7,9H2,1H3,(H,16,19)(H,17,20). The summed E-state index contributed by atoms with van der Waals surface area (Å²) in [4.78, 5) is 24.6. The number of hydrogen-bond acceptors (Lipinski definition) is 3. The van der Waals surface area contributed by atoms with Crippen molar-refractivity contribution in [3.05, 3.63) is 28.2 Å². The predicted octanol–water partition coefficient (Wildman–Crippen LogP) is 1.06. The van der Waals surface area contributed by atoms with Crippen LogP contribution in [0.3, 0.4) is 0 Å². The van der Waals surface area contributed by atoms with Gasteiger partial charge in [0.1, 0.15) is 0 Å². The molecule has 0 bridgehead atoms. The highest BCUT2D eigenvalue weighted by molar-refractivity contribution is 9.10. The van der Waals surface area contributed by atoms with E-state index >= 15 is 0 Å². The first kappa shape index (κ1) is 14.8. The highest BCUT2D eigenvalue weighted by Crippen LogP contribution is 2.29. The number of amides is 2. The van der Waals surface area contributed by atoms with Crippen LogP contribution in [0.15, 0.2) is 22.7 Å². The Labute approximate surface area is 126 Å². The van der Waals surface area contributed by atoms with Crippen molar-refractivity contribution < 1.29 is 9.59 Å². The van der Waals surface area contributed by atoms with Crippen molar-refractivity contribution in [2.45, 2.75) is 13.3 Å². The quantitative estimate of drug-likeness (QED) is 0.788. The minimum absolute atomic E-state index is 0.0221. The number of halogens is 1. The number of benzene rings is 1. The molecule has 0 aliphatic carbocycles. The van der Waals surface area contributed by atoms with Gasteiger partial charge in [-0.2, -0.15) is 0 Å². The lowest BCUT2D eigenvalue weighted by atomic mass is 10.2. The van der Waals surface area contributed by atoms with Crippen LogP contribution in [0.4, 0.5) is 5.69 Å². The summed E-state index contributed by atoms with van der Waals surface area (Å²) in [5.74, 6) is -0.107. The zero-order valence-electron chi connectivity index (χ0n) is 11.4. The molecule has 0 unspecified atom stereocenters. The molecule has 0 fully saturated rings. The van der Waals surface area contributed by atoms with Crippen molar-refractivity contribution in [1.29, 1.82) is 0 Å². The molecule has 1 aromatic carbocycles. The van der Waals surface area contributed by atoms with Crippen molar-refractivity contribution in [2.24, 2.45) is 0 Å². The van der Waals surface area contributed by atoms with Crippen molar-refractivity contribution >= 4 is 33.4 Å². The average molecular weight is 340 g/mol. The molecular weight excluding hydrogens is 322 g/mol. The molecule has 20 heavy (non-hydrogen) atoms. The van der Waals surface area contributed by atoms with Crippen LogP contribution in [0.1, 0.15) is 12.5 Å². The van der Waals surface area contributed by atoms with E-state index in [1.165, 1.54) is 12.5 Å². The van der Waals surface area contributed by atoms with Crippen LogP contribution in [-0.4, -0.2) is 38.0 Å². The smallest absolute Gasteiger partial charge is 0.239 e. The second-order valence-electron chi connectivity index (χ2n) is 4.78. The van der Waals surface area contributed by atoms with E-state index in [2.05, 4.69) is 37.5 Å². The number of nitrogens with zero attached hydrogens (tertiary/aromatic N) is 1. The fourth-order valence-electron chi connectivity index (χ4n) is 2.27. The summed E-state index contributed by atoms with van der Waals surface area (Å²) in [5.41, 5.74) is 2.40. The Morgan fingerprint density at radius 3 is 2.80 bits per heavy atom. The van der Waals surface area contributed by atoms with Crippen molar-refractivity contribution in [3.63, 3.8) is 0 Å². The first-order chi connectivity index (χ1) is 9.56. The highest BCUT2D eigenvalue weighted by Gasteiger charge is 2.20. The van der Waals surface area contributed by atoms with Crippen LogP contribution in [-0.2, 0) is 16.0 Å². The van der Waals surface area contributed by atoms with Gasteiger partial charge in [0.15, 0.2) is 0 Å². The lowest BCUT2D eigenvalue weighted by Crippen LogP contribution is -2.39. The van der Waals surface area contributed by atoms with E-state index in [4.69, 9.17) is 0 Å². The third-order valence-corrected chi connectivity index (χ3v) is 3.68. The first-order valence-corrected chi connectivity index (χ1v) is 7.40. The summed E-state index contributed by atoms with van der Waals surface area (Å²) in [7, 11) is 0. The number of carbonyl (C=O) groups is 2. The van der Waals surface area contributed by atoms with Gasteiger partial charge < -0.3 is 15.5 Å². The van der Waals surface area contributed by atoms with Crippen molar-refractivity contribution in [2.75, 3.05) is 31.1 Å². The van der Waals surface area contributed by atoms with Crippen LogP contribution in [0.2, 0.25) is 0 Å². The molecule has 0 saturated heterocycles. The third-order valence-electron chi connectivity index (χ3n) is 3.19. The fourth-order valence-corrected chi connectivity index (χ4v) is 2.68. The van der Waals surface area contributed by atoms with Gasteiger partial charge in [-0.05, 0) is 30.2 Å². The van der Waals surface area contributed by atoms with E-state index in [-0.39, 0.29) is 11.8 Å². The van der Waals surface area contributed by atoms with Crippen LogP contribution in [0.25, 0.3) is 0 Å². The van der Waals surface area contributed by atoms with E-state index in [9.17, 15) is 9.59 Å². The molecule has 0 saturated carbocycles. The predicted molar refractivity (Wildman–Crippen MR) is 81.8 cm³/mol. The van der Waals surface area contributed by atoms with Gasteiger partial charge in [-0.25, -0.2) is 0 Å². The van der Waals surface area contributed by atoms with Gasteiger partial charge >= 0.3 is 0 Å². The Morgan fingerprint density at radius 1 is 1.30 bits per heavy atom. The van der Waals surface area contributed by atoms with E-state index in [0.717, 1.165) is 23.1 Å². The third kappa shape index (κ3) is 3.96. The van der Waals surface area contributed by atoms with Gasteiger partial charge in [-0.1, -0.05) is 15.9 Å². The summed E-state index contributed by atoms with van der Waals surface area (Å²) in [6.07, 6.45) is 0.966. The normalized spacial score (nSPS) is 13.0. The van der Waals surface area contributed by atoms with Gasteiger partial charge in [-0.3, -0.25) is 9.59 Å². The van der Waals surface area contributed by atoms with Gasteiger partial charge in [0, 0.05) is 36.7 Å². The Bertz CT molecular complexity index is 519. The fraction of sp³-hybridized carbons (Fsp3) is 0.429. The Kier molecular flexibility index (Phi) is 5.00. The zero-order chi connectivity index (χ0) is 14.5. The van der Waals surface area contributed by atoms with E-state index in [1.807, 2.05) is 12.1 Å². The SMILES string of the molecule is CC(=O)NCCNC(=O)CN1CCc2cc(Br)ccc21. The van der Waals surface area contributed by atoms with Crippen LogP contribution >= 0.6 is 15.9 Å². The van der Waals surface area contributed by atoms with Gasteiger partial charge in [0.25, 0.3) is 0 Å². The van der Waals surface area contributed by atoms with Gasteiger partial charge in [-0.15, -0.1) is 0 Å². The number of carbonyl (C=O) groups excluding carboxylic acids is 2. The summed E-state index contributed by atoms with van der Waals surface area (Å²) < 4.78 is 1.07. The Morgan fingerprint density at radius 2 is 2.05 bits per heavy atom. The maximum absolute atomic E-state index is 11.8. The molecule has 0 spiro atoms. The topological polar surface area (TPSA) is 61.4 Å². The van der Waals surface area contributed by atoms with Crippen molar-refractivity contribution in [3.8, 4) is 0 Å². The van der Waals surface area contributed by atoms with Gasteiger partial charge in [0.2, 0.25) is 11.8 Å². The maximum Gasteiger partial charge on any atom is 0.239 e. The molecule has 0 aromatic heterocycles. The number of fused-ring (bicyclic) bond motifs is 1. The maximum atomic E-state index is 11.8. The first-order valence-electron chi connectivity index (χ1n) is 6.61. The average Bonchev–Trinajstić information content (AvgIpc) is 2.77. The molecular formula is C14H18BrN3O2. The summed E-state index contributed by atoms with van der Waals surface area (Å²) in [5, 5.41) is 5.45. The second kappa shape index (κ2) is 6.74. The Hall–Kier alpha value is -1.56. The van der Waals surface area contributed by atoms with Crippen LogP contribution in [0, 0.1) is 0 Å². The number of hydrogen-bond donors (Lipinski definition) is 2. The minimum Gasteiger partial charge on any atom is -0.362 e. The summed E-state index contributed by atoms with van der Waals surface area (Å²) in [6.45, 7) is 3.60. The van der Waals surface area contributed by atoms with E-state index in [0.29, 0.717) is 19.6 Å². The highest BCUT2D eigenvalue weighted by atomic mass is 79.9. The largest absolute Gasteiger partial charge is 0.362 e. The molecule has 1 aromatic rings. The number of anilines is 1. The molecule has 0 radical (unpaired) electrons. The lowest BCUT2D eigenvalue weighted by Gasteiger charge is -2.18. The second-order valence-corrected chi connectivity index (χ2v) is 5.69. The van der Waals surface area contributed by atoms with Crippen molar-refractivity contribution in [1.82, 2.24) is 10.6 Å². The molecule has 2 N–H and O–H groups in total. The Balaban J connectivity index is 1.80. The molecule has 0 atom stereocenters. The van der Waals surface area contributed by atoms with E-state index < -0.39 is 0 Å². The van der Waals surface area contributed by atoms with Crippen LogP contribution in [0.5, 0.6) is 0 Å². The molecule has 2 amide bonds. The lowest BCUT2D eigenvalue weighted by molar-refractivity contribution is -0.121. The number of nitrogens with one attached hydrogen (secondary N) is 2. The molecule has 1 aliphatic rings. The zero-order valence-corrected chi connectivity index (χ0v) is 13.0. The monoisotopic (exact) mass is 339 g/mol. The van der Waals surface area contributed by atoms with Crippen LogP contribution < -0.4 is 15.5 Å². The molecule has 108 valence electrons. The summed E-state index contributed by atoms with van der Waals surface area (Å²) >= 11 is 3.46.